The van der Waals surface area contributed by atoms with Gasteiger partial charge in [-0.25, -0.2) is 18.6 Å². The molecule has 49 heavy (non-hydrogen) atoms. The highest BCUT2D eigenvalue weighted by molar-refractivity contribution is 6.01. The van der Waals surface area contributed by atoms with Crippen molar-refractivity contribution >= 4 is 29.6 Å². The van der Waals surface area contributed by atoms with Gasteiger partial charge in [0.2, 0.25) is 17.4 Å². The second-order valence-electron chi connectivity index (χ2n) is 14.9. The van der Waals surface area contributed by atoms with Gasteiger partial charge in [-0.3, -0.25) is 14.4 Å². The number of alkyl carbamates (subject to hydrolysis) is 1. The van der Waals surface area contributed by atoms with Crippen LogP contribution >= 0.6 is 0 Å². The van der Waals surface area contributed by atoms with Gasteiger partial charge in [0.15, 0.2) is 11.6 Å². The van der Waals surface area contributed by atoms with Crippen molar-refractivity contribution < 1.29 is 37.4 Å². The van der Waals surface area contributed by atoms with Crippen LogP contribution in [0.1, 0.15) is 45.6 Å². The summed E-state index contributed by atoms with van der Waals surface area (Å²) in [5.41, 5.74) is -1.84. The molecule has 4 fully saturated rings. The van der Waals surface area contributed by atoms with Crippen LogP contribution < -0.4 is 15.4 Å². The summed E-state index contributed by atoms with van der Waals surface area (Å²) in [6.07, 6.45) is 0.380. The molecule has 2 bridgehead atoms. The summed E-state index contributed by atoms with van der Waals surface area (Å²) < 4.78 is 40.2. The Bertz CT molecular complexity index is 1730. The quantitative estimate of drug-likeness (QED) is 0.488. The fraction of sp³-hybridized carbons (Fsp3) is 0.543. The van der Waals surface area contributed by atoms with Crippen LogP contribution in [0.3, 0.4) is 0 Å². The Morgan fingerprint density at radius 1 is 1.18 bits per heavy atom. The average molecular weight is 677 g/mol. The number of hydrogen-bond donors (Lipinski definition) is 2. The number of hydrogen-bond acceptors (Lipinski definition) is 8. The highest BCUT2D eigenvalue weighted by Gasteiger charge is 2.65. The molecule has 2 saturated carbocycles. The number of aromatic nitrogens is 1. The van der Waals surface area contributed by atoms with Crippen LogP contribution in [0.5, 0.6) is 5.75 Å². The molecule has 2 saturated heterocycles. The van der Waals surface area contributed by atoms with Crippen molar-refractivity contribution in [3.63, 3.8) is 0 Å². The molecule has 4 amide bonds. The van der Waals surface area contributed by atoms with E-state index in [0.29, 0.717) is 24.2 Å². The van der Waals surface area contributed by atoms with Crippen LogP contribution in [0.15, 0.2) is 42.6 Å². The summed E-state index contributed by atoms with van der Waals surface area (Å²) in [7, 11) is 0. The second kappa shape index (κ2) is 12.0. The molecule has 1 aromatic heterocycles. The number of benzene rings is 1. The molecule has 14 heteroatoms. The summed E-state index contributed by atoms with van der Waals surface area (Å²) >= 11 is 0. The van der Waals surface area contributed by atoms with Crippen LogP contribution in [0.2, 0.25) is 0 Å². The van der Waals surface area contributed by atoms with E-state index in [9.17, 15) is 28.8 Å². The highest BCUT2D eigenvalue weighted by Crippen LogP contribution is 2.59. The lowest BCUT2D eigenvalue weighted by atomic mass is 9.77. The maximum absolute atomic E-state index is 15.3. The summed E-state index contributed by atoms with van der Waals surface area (Å²) in [5, 5.41) is 15.6. The predicted molar refractivity (Wildman–Crippen MR) is 169 cm³/mol. The monoisotopic (exact) mass is 676 g/mol. The molecule has 2 N–H and O–H groups in total. The van der Waals surface area contributed by atoms with Gasteiger partial charge in [0, 0.05) is 19.2 Å². The van der Waals surface area contributed by atoms with Gasteiger partial charge >= 0.3 is 6.09 Å². The van der Waals surface area contributed by atoms with Gasteiger partial charge in [-0.15, -0.1) is 0 Å². The van der Waals surface area contributed by atoms with Crippen molar-refractivity contribution in [3.05, 3.63) is 54.0 Å². The molecular formula is C35H38F2N6O6. The Morgan fingerprint density at radius 2 is 1.94 bits per heavy atom. The van der Waals surface area contributed by atoms with E-state index < -0.39 is 76.8 Å². The first-order valence-electron chi connectivity index (χ1n) is 16.6. The standard InChI is InChI=1S/C35H38F2N6O6/c1-34(2,3)28(40-33(47)48-16-18-6-8-20(36)9-7-18)31(45)42-15-23-19-11-22(24(37)12-19)26(23)27(42)30(44)43-17-35(13-21(43)14-38)32(46)41-29-25(49-35)5-4-10-39-29/h4-10,19,21-24,26-28H,11-13,15-17H2,1-3H3,(H,40,47)(H,39,41,46). The van der Waals surface area contributed by atoms with Gasteiger partial charge in [0.25, 0.3) is 5.91 Å². The van der Waals surface area contributed by atoms with Gasteiger partial charge in [0.05, 0.1) is 12.6 Å². The summed E-state index contributed by atoms with van der Waals surface area (Å²) in [5.74, 6) is -2.56. The lowest BCUT2D eigenvalue weighted by molar-refractivity contribution is -0.149. The van der Waals surface area contributed by atoms with Gasteiger partial charge < -0.3 is 29.9 Å². The zero-order valence-electron chi connectivity index (χ0n) is 27.4. The van der Waals surface area contributed by atoms with E-state index in [2.05, 4.69) is 21.7 Å². The van der Waals surface area contributed by atoms with Crippen LogP contribution in [0, 0.1) is 46.2 Å². The number of nitrogens with one attached hydrogen (secondary N) is 2. The molecule has 4 heterocycles. The number of pyridine rings is 1. The maximum atomic E-state index is 15.3. The molecule has 2 aromatic rings. The lowest BCUT2D eigenvalue weighted by Gasteiger charge is -2.38. The largest absolute Gasteiger partial charge is 0.472 e. The topological polar surface area (TPSA) is 154 Å². The van der Waals surface area contributed by atoms with E-state index in [1.54, 1.807) is 32.9 Å². The number of fused-ring (bicyclic) bond motifs is 6. The van der Waals surface area contributed by atoms with E-state index >= 15 is 4.39 Å². The van der Waals surface area contributed by atoms with Gasteiger partial charge in [-0.2, -0.15) is 5.26 Å². The molecular weight excluding hydrogens is 638 g/mol. The fourth-order valence-electron chi connectivity index (χ4n) is 8.63. The van der Waals surface area contributed by atoms with E-state index in [4.69, 9.17) is 9.47 Å². The van der Waals surface area contributed by atoms with Crippen molar-refractivity contribution in [3.8, 4) is 11.8 Å². The minimum atomic E-state index is -1.56. The van der Waals surface area contributed by atoms with Crippen molar-refractivity contribution in [1.29, 1.82) is 5.26 Å². The molecule has 258 valence electrons. The van der Waals surface area contributed by atoms with Crippen LogP contribution in [0.25, 0.3) is 0 Å². The maximum Gasteiger partial charge on any atom is 0.408 e. The van der Waals surface area contributed by atoms with Crippen molar-refractivity contribution in [2.45, 2.75) is 76.5 Å². The number of likely N-dealkylation sites (tertiary alicyclic amines) is 2. The Labute approximate surface area is 282 Å². The Morgan fingerprint density at radius 3 is 2.65 bits per heavy atom. The zero-order valence-corrected chi connectivity index (χ0v) is 27.4. The van der Waals surface area contributed by atoms with Gasteiger partial charge in [0.1, 0.15) is 36.7 Å². The Hall–Kier alpha value is -4.80. The van der Waals surface area contributed by atoms with Crippen LogP contribution in [-0.2, 0) is 25.7 Å². The number of ether oxygens (including phenoxy) is 2. The summed E-state index contributed by atoms with van der Waals surface area (Å²) in [6, 6.07) is 7.59. The third-order valence-electron chi connectivity index (χ3n) is 10.9. The number of carbonyl (C=O) groups excluding carboxylic acids is 4. The predicted octanol–water partition coefficient (Wildman–Crippen LogP) is 3.58. The number of alkyl halides is 1. The third-order valence-corrected chi connectivity index (χ3v) is 10.9. The van der Waals surface area contributed by atoms with Crippen LogP contribution in [-0.4, -0.2) is 81.6 Å². The molecule has 3 aliphatic heterocycles. The highest BCUT2D eigenvalue weighted by atomic mass is 19.1. The zero-order chi connectivity index (χ0) is 34.8. The average Bonchev–Trinajstić information content (AvgIpc) is 3.82. The first-order valence-corrected chi connectivity index (χ1v) is 16.6. The summed E-state index contributed by atoms with van der Waals surface area (Å²) in [6.45, 7) is 5.10. The molecule has 9 atom stereocenters. The number of anilines is 1. The first kappa shape index (κ1) is 32.7. The third kappa shape index (κ3) is 5.62. The van der Waals surface area contributed by atoms with Gasteiger partial charge in [-0.1, -0.05) is 32.9 Å². The fourth-order valence-corrected chi connectivity index (χ4v) is 8.63. The normalized spacial score (nSPS) is 31.8. The molecule has 1 aromatic carbocycles. The Balaban J connectivity index is 1.16. The van der Waals surface area contributed by atoms with Gasteiger partial charge in [-0.05, 0) is 71.8 Å². The Kier molecular flexibility index (Phi) is 7.99. The smallest absolute Gasteiger partial charge is 0.408 e. The lowest BCUT2D eigenvalue weighted by Crippen LogP contribution is -2.60. The molecule has 0 radical (unpaired) electrons. The van der Waals surface area contributed by atoms with Crippen LogP contribution in [0.4, 0.5) is 19.4 Å². The number of nitriles is 1. The number of nitrogens with zero attached hydrogens (tertiary/aromatic N) is 4. The van der Waals surface area contributed by atoms with Crippen molar-refractivity contribution in [2.75, 3.05) is 18.4 Å². The molecule has 5 aliphatic rings. The van der Waals surface area contributed by atoms with E-state index in [1.807, 2.05) is 0 Å². The van der Waals surface area contributed by atoms with E-state index in [-0.39, 0.29) is 43.8 Å². The molecule has 1 spiro atoms. The number of carbonyl (C=O) groups is 4. The molecule has 12 nitrogen and oxygen atoms in total. The summed E-state index contributed by atoms with van der Waals surface area (Å²) in [4.78, 5) is 62.5. The minimum Gasteiger partial charge on any atom is -0.472 e. The second-order valence-corrected chi connectivity index (χ2v) is 14.9. The SMILES string of the molecule is CC(C)(C)C(NC(=O)OCc1ccc(F)cc1)C(=O)N1CC2C3CC(F)C(C3)C2C1C(=O)N1CC2(CC1C#N)Oc1cccnc1NC2=O. The number of rotatable bonds is 5. The molecule has 2 aliphatic carbocycles. The number of amides is 4. The van der Waals surface area contributed by atoms with E-state index in [1.165, 1.54) is 40.3 Å². The number of halogens is 2. The minimum absolute atomic E-state index is 0.00652. The van der Waals surface area contributed by atoms with Crippen molar-refractivity contribution in [2.24, 2.45) is 29.1 Å². The van der Waals surface area contributed by atoms with Crippen molar-refractivity contribution in [1.82, 2.24) is 20.1 Å². The molecule has 7 rings (SSSR count). The van der Waals surface area contributed by atoms with E-state index in [0.717, 1.165) is 0 Å². The first-order chi connectivity index (χ1) is 23.3. The molecule has 9 unspecified atom stereocenters.